The minimum absolute atomic E-state index is 0.202. The highest BCUT2D eigenvalue weighted by Crippen LogP contribution is 2.21. The number of methoxy groups -OCH3 is 1. The number of ether oxygens (including phenoxy) is 2. The number of hydrogen-bond acceptors (Lipinski definition) is 3. The molecule has 152 valence electrons. The number of carbonyl (C=O) groups is 1. The number of carbonyl (C=O) groups excluding carboxylic acids is 1. The van der Waals surface area contributed by atoms with Gasteiger partial charge < -0.3 is 9.47 Å². The molecule has 0 spiro atoms. The third-order valence-corrected chi connectivity index (χ3v) is 5.08. The lowest BCUT2D eigenvalue weighted by Gasteiger charge is -2.14. The number of rotatable bonds is 12. The first-order valence-corrected chi connectivity index (χ1v) is 10.5. The fraction of sp³-hybridized carbons (Fsp3) is 0.480. The quantitative estimate of drug-likeness (QED) is 0.313. The van der Waals surface area contributed by atoms with Crippen molar-refractivity contribution in [1.82, 2.24) is 0 Å². The van der Waals surface area contributed by atoms with Gasteiger partial charge in [-0.1, -0.05) is 75.4 Å². The van der Waals surface area contributed by atoms with E-state index in [-0.39, 0.29) is 12.1 Å². The molecular formula is C25H34O3. The molecule has 0 fully saturated rings. The first kappa shape index (κ1) is 22.0. The third kappa shape index (κ3) is 7.75. The Labute approximate surface area is 170 Å². The number of hydrogen-bond donors (Lipinski definition) is 0. The molecule has 0 amide bonds. The first-order valence-electron chi connectivity index (χ1n) is 10.5. The fourth-order valence-corrected chi connectivity index (χ4v) is 3.28. The predicted molar refractivity (Wildman–Crippen MR) is 115 cm³/mol. The van der Waals surface area contributed by atoms with Crippen LogP contribution in [-0.2, 0) is 22.4 Å². The van der Waals surface area contributed by atoms with Crippen LogP contribution in [0.3, 0.4) is 0 Å². The van der Waals surface area contributed by atoms with E-state index in [2.05, 4.69) is 19.1 Å². The van der Waals surface area contributed by atoms with E-state index in [1.54, 1.807) is 7.11 Å². The maximum Gasteiger partial charge on any atom is 0.310 e. The average molecular weight is 383 g/mol. The molecule has 0 radical (unpaired) electrons. The molecular weight excluding hydrogens is 348 g/mol. The summed E-state index contributed by atoms with van der Waals surface area (Å²) in [7, 11) is 1.64. The smallest absolute Gasteiger partial charge is 0.310 e. The maximum atomic E-state index is 12.3. The van der Waals surface area contributed by atoms with Crippen LogP contribution in [0, 0.1) is 0 Å². The van der Waals surface area contributed by atoms with Crippen molar-refractivity contribution >= 4 is 5.97 Å². The molecule has 2 aromatic rings. The minimum Gasteiger partial charge on any atom is -0.497 e. The highest BCUT2D eigenvalue weighted by Gasteiger charge is 2.12. The van der Waals surface area contributed by atoms with Crippen LogP contribution >= 0.6 is 0 Å². The highest BCUT2D eigenvalue weighted by molar-refractivity contribution is 5.72. The van der Waals surface area contributed by atoms with E-state index in [1.807, 2.05) is 43.3 Å². The summed E-state index contributed by atoms with van der Waals surface area (Å²) in [5, 5.41) is 0. The standard InChI is InChI=1S/C25H34O3/c1-4-5-6-7-8-9-10-21-11-13-22(14-12-21)19-25(26)28-20(2)23-15-17-24(27-3)18-16-23/h11-18,20H,4-10,19H2,1-3H3. The van der Waals surface area contributed by atoms with Gasteiger partial charge in [-0.25, -0.2) is 0 Å². The second kappa shape index (κ2) is 12.2. The van der Waals surface area contributed by atoms with Gasteiger partial charge in [0.1, 0.15) is 11.9 Å². The normalized spacial score (nSPS) is 11.8. The summed E-state index contributed by atoms with van der Waals surface area (Å²) in [4.78, 5) is 12.3. The molecule has 0 saturated carbocycles. The summed E-state index contributed by atoms with van der Waals surface area (Å²) >= 11 is 0. The Hall–Kier alpha value is -2.29. The van der Waals surface area contributed by atoms with E-state index < -0.39 is 0 Å². The average Bonchev–Trinajstić information content (AvgIpc) is 2.71. The predicted octanol–water partition coefficient (Wildman–Crippen LogP) is 6.45. The summed E-state index contributed by atoms with van der Waals surface area (Å²) in [5.41, 5.74) is 3.31. The molecule has 28 heavy (non-hydrogen) atoms. The van der Waals surface area contributed by atoms with Crippen molar-refractivity contribution in [2.75, 3.05) is 7.11 Å². The number of benzene rings is 2. The molecule has 1 atom stereocenters. The van der Waals surface area contributed by atoms with Crippen LogP contribution in [0.4, 0.5) is 0 Å². The topological polar surface area (TPSA) is 35.5 Å². The van der Waals surface area contributed by atoms with E-state index >= 15 is 0 Å². The van der Waals surface area contributed by atoms with Crippen LogP contribution < -0.4 is 4.74 Å². The SMILES string of the molecule is CCCCCCCCc1ccc(CC(=O)OC(C)c2ccc(OC)cc2)cc1. The van der Waals surface area contributed by atoms with E-state index in [0.717, 1.165) is 23.3 Å². The van der Waals surface area contributed by atoms with Gasteiger partial charge in [0.25, 0.3) is 0 Å². The van der Waals surface area contributed by atoms with Gasteiger partial charge in [0, 0.05) is 0 Å². The Morgan fingerprint density at radius 1 is 0.857 bits per heavy atom. The van der Waals surface area contributed by atoms with Crippen molar-refractivity contribution in [3.05, 3.63) is 65.2 Å². The van der Waals surface area contributed by atoms with E-state index in [4.69, 9.17) is 9.47 Å². The van der Waals surface area contributed by atoms with Crippen LogP contribution in [-0.4, -0.2) is 13.1 Å². The van der Waals surface area contributed by atoms with Crippen LogP contribution in [0.5, 0.6) is 5.75 Å². The van der Waals surface area contributed by atoms with Gasteiger partial charge in [0.15, 0.2) is 0 Å². The zero-order chi connectivity index (χ0) is 20.2. The van der Waals surface area contributed by atoms with E-state index in [0.29, 0.717) is 6.42 Å². The number of aryl methyl sites for hydroxylation is 1. The summed E-state index contributed by atoms with van der Waals surface area (Å²) in [6.45, 7) is 4.14. The Bertz CT molecular complexity index is 689. The molecule has 2 rings (SSSR count). The van der Waals surface area contributed by atoms with E-state index in [9.17, 15) is 4.79 Å². The number of esters is 1. The van der Waals surface area contributed by atoms with Crippen molar-refractivity contribution in [2.45, 2.75) is 71.3 Å². The lowest BCUT2D eigenvalue weighted by molar-refractivity contribution is -0.147. The van der Waals surface area contributed by atoms with Gasteiger partial charge in [-0.05, 0) is 48.6 Å². The van der Waals surface area contributed by atoms with Gasteiger partial charge in [-0.2, -0.15) is 0 Å². The zero-order valence-electron chi connectivity index (χ0n) is 17.6. The Morgan fingerprint density at radius 2 is 1.46 bits per heavy atom. The van der Waals surface area contributed by atoms with Crippen molar-refractivity contribution in [3.8, 4) is 5.75 Å². The van der Waals surface area contributed by atoms with E-state index in [1.165, 1.54) is 44.1 Å². The monoisotopic (exact) mass is 382 g/mol. The molecule has 0 saturated heterocycles. The summed E-state index contributed by atoms with van der Waals surface area (Å²) in [6.07, 6.45) is 9.03. The summed E-state index contributed by atoms with van der Waals surface area (Å²) in [6, 6.07) is 16.0. The van der Waals surface area contributed by atoms with Crippen molar-refractivity contribution in [1.29, 1.82) is 0 Å². The minimum atomic E-state index is -0.273. The maximum absolute atomic E-state index is 12.3. The van der Waals surface area contributed by atoms with Crippen molar-refractivity contribution in [3.63, 3.8) is 0 Å². The van der Waals surface area contributed by atoms with Gasteiger partial charge in [0.05, 0.1) is 13.5 Å². The Kier molecular flexibility index (Phi) is 9.61. The van der Waals surface area contributed by atoms with Crippen LogP contribution in [0.25, 0.3) is 0 Å². The molecule has 0 N–H and O–H groups in total. The van der Waals surface area contributed by atoms with Gasteiger partial charge in [0.2, 0.25) is 0 Å². The van der Waals surface area contributed by atoms with Crippen molar-refractivity contribution < 1.29 is 14.3 Å². The second-order valence-electron chi connectivity index (χ2n) is 7.42. The van der Waals surface area contributed by atoms with Crippen LogP contribution in [0.15, 0.2) is 48.5 Å². The Morgan fingerprint density at radius 3 is 2.11 bits per heavy atom. The third-order valence-electron chi connectivity index (χ3n) is 5.08. The fourth-order valence-electron chi connectivity index (χ4n) is 3.28. The molecule has 0 aliphatic heterocycles. The lowest BCUT2D eigenvalue weighted by Crippen LogP contribution is -2.11. The van der Waals surface area contributed by atoms with Gasteiger partial charge >= 0.3 is 5.97 Å². The van der Waals surface area contributed by atoms with Crippen LogP contribution in [0.2, 0.25) is 0 Å². The molecule has 0 aliphatic carbocycles. The molecule has 0 heterocycles. The Balaban J connectivity index is 1.74. The molecule has 3 heteroatoms. The zero-order valence-corrected chi connectivity index (χ0v) is 17.6. The molecule has 0 bridgehead atoms. The summed E-state index contributed by atoms with van der Waals surface area (Å²) in [5.74, 6) is 0.593. The number of unbranched alkanes of at least 4 members (excludes halogenated alkanes) is 5. The summed E-state index contributed by atoms with van der Waals surface area (Å²) < 4.78 is 10.7. The highest BCUT2D eigenvalue weighted by atomic mass is 16.5. The molecule has 0 aromatic heterocycles. The molecule has 0 aliphatic rings. The van der Waals surface area contributed by atoms with Gasteiger partial charge in [-0.15, -0.1) is 0 Å². The molecule has 2 aromatic carbocycles. The first-order chi connectivity index (χ1) is 13.6. The van der Waals surface area contributed by atoms with Gasteiger partial charge in [-0.3, -0.25) is 4.79 Å². The largest absolute Gasteiger partial charge is 0.497 e. The molecule has 3 nitrogen and oxygen atoms in total. The second-order valence-corrected chi connectivity index (χ2v) is 7.42. The molecule has 1 unspecified atom stereocenters. The van der Waals surface area contributed by atoms with Crippen LogP contribution in [0.1, 0.15) is 75.2 Å². The van der Waals surface area contributed by atoms with Crippen molar-refractivity contribution in [2.24, 2.45) is 0 Å². The lowest BCUT2D eigenvalue weighted by atomic mass is 10.0.